The van der Waals surface area contributed by atoms with Crippen LogP contribution in [0.3, 0.4) is 0 Å². The summed E-state index contributed by atoms with van der Waals surface area (Å²) in [5.41, 5.74) is 0. The van der Waals surface area contributed by atoms with Gasteiger partial charge in [0.05, 0.1) is 11.0 Å². The lowest BCUT2D eigenvalue weighted by molar-refractivity contribution is 0.0372. The van der Waals surface area contributed by atoms with E-state index in [-0.39, 0.29) is 18.1 Å². The fourth-order valence-electron chi connectivity index (χ4n) is 3.28. The van der Waals surface area contributed by atoms with Crippen LogP contribution in [0.1, 0.15) is 24.2 Å². The molecule has 0 radical (unpaired) electrons. The van der Waals surface area contributed by atoms with Crippen LogP contribution in [0.25, 0.3) is 0 Å². The van der Waals surface area contributed by atoms with Crippen LogP contribution in [-0.4, -0.2) is 42.1 Å². The highest BCUT2D eigenvalue weighted by molar-refractivity contribution is 7.89. The molecule has 3 atom stereocenters. The van der Waals surface area contributed by atoms with Crippen LogP contribution in [-0.2, 0) is 14.8 Å². The number of hydrogen-bond acceptors (Lipinski definition) is 6. The van der Waals surface area contributed by atoms with Crippen LogP contribution in [0.15, 0.2) is 39.8 Å². The van der Waals surface area contributed by atoms with Gasteiger partial charge in [-0.3, -0.25) is 0 Å². The minimum absolute atomic E-state index is 0.114. The van der Waals surface area contributed by atoms with Gasteiger partial charge in [0.2, 0.25) is 21.7 Å². The topological polar surface area (TPSA) is 85.5 Å². The molecule has 1 aromatic heterocycles. The summed E-state index contributed by atoms with van der Waals surface area (Å²) in [5, 5.41) is 3.90. The Bertz CT molecular complexity index is 791. The zero-order chi connectivity index (χ0) is 16.0. The summed E-state index contributed by atoms with van der Waals surface area (Å²) in [6.07, 6.45) is 0.395. The van der Waals surface area contributed by atoms with Crippen molar-refractivity contribution in [3.63, 3.8) is 0 Å². The molecule has 0 aliphatic carbocycles. The van der Waals surface area contributed by atoms with E-state index in [4.69, 9.17) is 9.26 Å². The molecule has 2 saturated heterocycles. The average molecular weight is 335 g/mol. The lowest BCUT2D eigenvalue weighted by Gasteiger charge is -2.18. The Balaban J connectivity index is 1.48. The maximum absolute atomic E-state index is 12.7. The molecule has 122 valence electrons. The number of aryl methyl sites for hydroxylation is 1. The molecule has 0 unspecified atom stereocenters. The number of sulfonamides is 1. The maximum atomic E-state index is 12.7. The summed E-state index contributed by atoms with van der Waals surface area (Å²) in [6, 6.07) is 8.51. The minimum atomic E-state index is -3.46. The monoisotopic (exact) mass is 335 g/mol. The molecule has 1 aromatic carbocycles. The van der Waals surface area contributed by atoms with E-state index in [9.17, 15) is 8.42 Å². The molecule has 23 heavy (non-hydrogen) atoms. The fourth-order valence-corrected chi connectivity index (χ4v) is 4.81. The number of ether oxygens (including phenoxy) is 1. The van der Waals surface area contributed by atoms with Crippen molar-refractivity contribution in [2.75, 3.05) is 13.1 Å². The van der Waals surface area contributed by atoms with Crippen molar-refractivity contribution in [3.05, 3.63) is 42.0 Å². The van der Waals surface area contributed by atoms with E-state index in [2.05, 4.69) is 10.1 Å². The first kappa shape index (κ1) is 14.8. The standard InChI is InChI=1S/C15H17N3O4S/c1-10-16-15(17-22-10)13-7-11-8-18(9-14(11)21-13)23(19,20)12-5-3-2-4-6-12/h2-6,11,13-14H,7-9H2,1H3/t11-,13-,14+/m0/s1. The Hall–Kier alpha value is -1.77. The van der Waals surface area contributed by atoms with Gasteiger partial charge < -0.3 is 9.26 Å². The van der Waals surface area contributed by atoms with Crippen LogP contribution in [0.5, 0.6) is 0 Å². The summed E-state index contributed by atoms with van der Waals surface area (Å²) >= 11 is 0. The number of fused-ring (bicyclic) bond motifs is 1. The second-order valence-electron chi connectivity index (χ2n) is 5.97. The molecule has 0 saturated carbocycles. The van der Waals surface area contributed by atoms with Crippen molar-refractivity contribution in [2.24, 2.45) is 5.92 Å². The number of benzene rings is 1. The van der Waals surface area contributed by atoms with Crippen molar-refractivity contribution in [3.8, 4) is 0 Å². The average Bonchev–Trinajstić information content (AvgIpc) is 3.21. The van der Waals surface area contributed by atoms with Gasteiger partial charge in [0.25, 0.3) is 0 Å². The van der Waals surface area contributed by atoms with E-state index in [1.54, 1.807) is 37.3 Å². The van der Waals surface area contributed by atoms with Crippen LogP contribution in [0.4, 0.5) is 0 Å². The number of nitrogens with zero attached hydrogens (tertiary/aromatic N) is 3. The lowest BCUT2D eigenvalue weighted by atomic mass is 10.0. The quantitative estimate of drug-likeness (QED) is 0.845. The van der Waals surface area contributed by atoms with E-state index in [0.717, 1.165) is 0 Å². The number of rotatable bonds is 3. The van der Waals surface area contributed by atoms with Gasteiger partial charge in [-0.1, -0.05) is 23.4 Å². The first-order chi connectivity index (χ1) is 11.0. The van der Waals surface area contributed by atoms with Gasteiger partial charge in [-0.2, -0.15) is 9.29 Å². The first-order valence-electron chi connectivity index (χ1n) is 7.55. The largest absolute Gasteiger partial charge is 0.365 e. The molecule has 0 spiro atoms. The third-order valence-electron chi connectivity index (χ3n) is 4.42. The van der Waals surface area contributed by atoms with Crippen molar-refractivity contribution in [2.45, 2.75) is 30.4 Å². The molecule has 2 aliphatic heterocycles. The second-order valence-corrected chi connectivity index (χ2v) is 7.90. The van der Waals surface area contributed by atoms with Crippen LogP contribution in [0.2, 0.25) is 0 Å². The molecule has 0 amide bonds. The minimum Gasteiger partial charge on any atom is -0.365 e. The van der Waals surface area contributed by atoms with Gasteiger partial charge in [-0.25, -0.2) is 8.42 Å². The predicted molar refractivity (Wildman–Crippen MR) is 80.0 cm³/mol. The lowest BCUT2D eigenvalue weighted by Crippen LogP contribution is -2.30. The highest BCUT2D eigenvalue weighted by Gasteiger charge is 2.47. The van der Waals surface area contributed by atoms with Crippen molar-refractivity contribution in [1.29, 1.82) is 0 Å². The number of aromatic nitrogens is 2. The first-order valence-corrected chi connectivity index (χ1v) is 8.99. The van der Waals surface area contributed by atoms with Gasteiger partial charge in [-0.05, 0) is 18.6 Å². The summed E-state index contributed by atoms with van der Waals surface area (Å²) in [5.74, 6) is 1.22. The van der Waals surface area contributed by atoms with Gasteiger partial charge >= 0.3 is 0 Å². The Morgan fingerprint density at radius 1 is 1.22 bits per heavy atom. The van der Waals surface area contributed by atoms with Crippen molar-refractivity contribution < 1.29 is 17.7 Å². The predicted octanol–water partition coefficient (Wildman–Crippen LogP) is 1.53. The maximum Gasteiger partial charge on any atom is 0.243 e. The van der Waals surface area contributed by atoms with E-state index in [1.165, 1.54) is 4.31 Å². The van der Waals surface area contributed by atoms with Gasteiger partial charge in [-0.15, -0.1) is 0 Å². The Morgan fingerprint density at radius 3 is 2.65 bits per heavy atom. The molecule has 3 heterocycles. The fraction of sp³-hybridized carbons (Fsp3) is 0.467. The zero-order valence-corrected chi connectivity index (χ0v) is 13.4. The van der Waals surface area contributed by atoms with E-state index < -0.39 is 10.0 Å². The Labute approximate surface area is 134 Å². The molecule has 8 heteroatoms. The highest BCUT2D eigenvalue weighted by Crippen LogP contribution is 2.41. The smallest absolute Gasteiger partial charge is 0.243 e. The van der Waals surface area contributed by atoms with Gasteiger partial charge in [0.1, 0.15) is 6.10 Å². The second kappa shape index (κ2) is 5.40. The third kappa shape index (κ3) is 2.56. The third-order valence-corrected chi connectivity index (χ3v) is 6.26. The van der Waals surface area contributed by atoms with Crippen LogP contribution in [0, 0.1) is 12.8 Å². The SMILES string of the molecule is Cc1nc([C@@H]2C[C@H]3CN(S(=O)(=O)c4ccccc4)C[C@H]3O2)no1. The molecule has 0 N–H and O–H groups in total. The molecule has 2 fully saturated rings. The van der Waals surface area contributed by atoms with Crippen molar-refractivity contribution >= 4 is 10.0 Å². The van der Waals surface area contributed by atoms with Crippen LogP contribution < -0.4 is 0 Å². The molecule has 2 aromatic rings. The van der Waals surface area contributed by atoms with E-state index in [0.29, 0.717) is 36.1 Å². The van der Waals surface area contributed by atoms with E-state index >= 15 is 0 Å². The van der Waals surface area contributed by atoms with Crippen LogP contribution >= 0.6 is 0 Å². The van der Waals surface area contributed by atoms with Gasteiger partial charge in [0, 0.05) is 25.9 Å². The molecular weight excluding hydrogens is 318 g/mol. The number of hydrogen-bond donors (Lipinski definition) is 0. The summed E-state index contributed by atoms with van der Waals surface area (Å²) in [7, 11) is -3.46. The van der Waals surface area contributed by atoms with Crippen molar-refractivity contribution in [1.82, 2.24) is 14.4 Å². The summed E-state index contributed by atoms with van der Waals surface area (Å²) in [6.45, 7) is 2.57. The normalized spacial score (nSPS) is 28.1. The molecular formula is C15H17N3O4S. The van der Waals surface area contributed by atoms with E-state index in [1.807, 2.05) is 0 Å². The molecule has 0 bridgehead atoms. The Kier molecular flexibility index (Phi) is 3.47. The zero-order valence-electron chi connectivity index (χ0n) is 12.6. The highest BCUT2D eigenvalue weighted by atomic mass is 32.2. The Morgan fingerprint density at radius 2 is 2.00 bits per heavy atom. The van der Waals surface area contributed by atoms with Gasteiger partial charge in [0.15, 0.2) is 0 Å². The molecule has 7 nitrogen and oxygen atoms in total. The summed E-state index contributed by atoms with van der Waals surface area (Å²) < 4.78 is 37.8. The summed E-state index contributed by atoms with van der Waals surface area (Å²) in [4.78, 5) is 4.53. The molecule has 2 aliphatic rings. The molecule has 4 rings (SSSR count).